The molecule has 0 spiro atoms. The first kappa shape index (κ1) is 17.3. The molecule has 0 aliphatic rings. The molecule has 0 atom stereocenters. The molecule has 0 aromatic heterocycles. The summed E-state index contributed by atoms with van der Waals surface area (Å²) in [6, 6.07) is 0. The highest BCUT2D eigenvalue weighted by Crippen LogP contribution is 1.97. The highest BCUT2D eigenvalue weighted by molar-refractivity contribution is 5.77. The minimum atomic E-state index is -0.870. The van der Waals surface area contributed by atoms with Crippen LogP contribution in [0.5, 0.6) is 0 Å². The van der Waals surface area contributed by atoms with Crippen LogP contribution >= 0.6 is 0 Å². The second-order valence-corrected chi connectivity index (χ2v) is 3.71. The number of nitrogens with one attached hydrogen (secondary N) is 2. The summed E-state index contributed by atoms with van der Waals surface area (Å²) in [5.41, 5.74) is 10.4. The summed E-state index contributed by atoms with van der Waals surface area (Å²) in [6.45, 7) is 0.975. The SMILES string of the molecule is N/C(=N/[N+](=O)[O-])NCCCCCCN/C(N)=N\[N+](=O)[O-]. The van der Waals surface area contributed by atoms with Crippen molar-refractivity contribution in [1.82, 2.24) is 10.6 Å². The van der Waals surface area contributed by atoms with E-state index in [1.54, 1.807) is 0 Å². The van der Waals surface area contributed by atoms with Crippen LogP contribution in [-0.4, -0.2) is 35.1 Å². The first-order valence-corrected chi connectivity index (χ1v) is 5.86. The molecule has 12 nitrogen and oxygen atoms in total. The van der Waals surface area contributed by atoms with Gasteiger partial charge in [0.05, 0.1) is 0 Å². The van der Waals surface area contributed by atoms with Crippen molar-refractivity contribution in [3.8, 4) is 0 Å². The van der Waals surface area contributed by atoms with Gasteiger partial charge in [-0.2, -0.15) is 0 Å². The van der Waals surface area contributed by atoms with Crippen LogP contribution in [0.3, 0.4) is 0 Å². The van der Waals surface area contributed by atoms with E-state index in [1.165, 1.54) is 0 Å². The highest BCUT2D eigenvalue weighted by atomic mass is 16.7. The van der Waals surface area contributed by atoms with Crippen LogP contribution in [0.25, 0.3) is 0 Å². The van der Waals surface area contributed by atoms with Crippen molar-refractivity contribution < 1.29 is 10.1 Å². The van der Waals surface area contributed by atoms with Crippen molar-refractivity contribution in [2.24, 2.45) is 21.7 Å². The fourth-order valence-corrected chi connectivity index (χ4v) is 1.28. The molecule has 0 aromatic rings. The molecule has 0 aromatic carbocycles. The first-order valence-electron chi connectivity index (χ1n) is 5.86. The van der Waals surface area contributed by atoms with E-state index >= 15 is 0 Å². The number of rotatable bonds is 9. The summed E-state index contributed by atoms with van der Waals surface area (Å²) < 4.78 is 0. The molecule has 0 saturated carbocycles. The molecule has 0 rings (SSSR count). The predicted octanol–water partition coefficient (Wildman–Crippen LogP) is -1.26. The van der Waals surface area contributed by atoms with E-state index in [0.29, 0.717) is 13.1 Å². The molecule has 6 N–H and O–H groups in total. The van der Waals surface area contributed by atoms with E-state index in [2.05, 4.69) is 20.8 Å². The van der Waals surface area contributed by atoms with Gasteiger partial charge in [-0.25, -0.2) is 20.2 Å². The van der Waals surface area contributed by atoms with E-state index in [1.807, 2.05) is 0 Å². The van der Waals surface area contributed by atoms with Crippen molar-refractivity contribution in [3.05, 3.63) is 20.2 Å². The minimum Gasteiger partial charge on any atom is -0.365 e. The van der Waals surface area contributed by atoms with Crippen LogP contribution in [0.4, 0.5) is 0 Å². The minimum absolute atomic E-state index is 0.222. The Bertz CT molecular complexity index is 347. The number of hydrogen-bond donors (Lipinski definition) is 4. The third kappa shape index (κ3) is 11.8. The monoisotopic (exact) mass is 290 g/mol. The zero-order valence-corrected chi connectivity index (χ0v) is 10.8. The molecule has 114 valence electrons. The molecule has 0 aliphatic carbocycles. The fourth-order valence-electron chi connectivity index (χ4n) is 1.28. The number of guanidine groups is 2. The van der Waals surface area contributed by atoms with Gasteiger partial charge in [0, 0.05) is 13.1 Å². The van der Waals surface area contributed by atoms with Crippen molar-refractivity contribution in [1.29, 1.82) is 0 Å². The summed E-state index contributed by atoms with van der Waals surface area (Å²) in [5, 5.41) is 29.2. The van der Waals surface area contributed by atoms with Gasteiger partial charge in [-0.3, -0.25) is 0 Å². The molecule has 0 amide bonds. The average Bonchev–Trinajstić information content (AvgIpc) is 2.30. The molecule has 0 bridgehead atoms. The van der Waals surface area contributed by atoms with Gasteiger partial charge in [0.1, 0.15) is 10.2 Å². The van der Waals surface area contributed by atoms with Crippen LogP contribution in [0.1, 0.15) is 25.7 Å². The molecule has 0 radical (unpaired) electrons. The van der Waals surface area contributed by atoms with Gasteiger partial charge in [-0.05, 0) is 12.8 Å². The van der Waals surface area contributed by atoms with Crippen LogP contribution in [-0.2, 0) is 0 Å². The van der Waals surface area contributed by atoms with Gasteiger partial charge in [-0.15, -0.1) is 0 Å². The van der Waals surface area contributed by atoms with Crippen LogP contribution in [0, 0.1) is 20.2 Å². The van der Waals surface area contributed by atoms with E-state index < -0.39 is 10.1 Å². The Morgan fingerprint density at radius 1 is 0.850 bits per heavy atom. The number of nitrogens with zero attached hydrogens (tertiary/aromatic N) is 4. The quantitative estimate of drug-likeness (QED) is 0.133. The van der Waals surface area contributed by atoms with Crippen molar-refractivity contribution >= 4 is 11.9 Å². The maximum atomic E-state index is 9.97. The van der Waals surface area contributed by atoms with Gasteiger partial charge < -0.3 is 22.1 Å². The molecule has 0 fully saturated rings. The Balaban J connectivity index is 3.46. The van der Waals surface area contributed by atoms with Crippen molar-refractivity contribution in [2.75, 3.05) is 13.1 Å². The molecule has 12 heteroatoms. The smallest absolute Gasteiger partial charge is 0.266 e. The summed E-state index contributed by atoms with van der Waals surface area (Å²) in [7, 11) is 0. The second kappa shape index (κ2) is 10.3. The first-order chi connectivity index (χ1) is 9.41. The second-order valence-electron chi connectivity index (χ2n) is 3.71. The number of nitrogens with two attached hydrogens (primary N) is 2. The summed E-state index contributed by atoms with van der Waals surface area (Å²) in [6.07, 6.45) is 3.28. The lowest BCUT2D eigenvalue weighted by Crippen LogP contribution is -2.33. The Morgan fingerprint density at radius 2 is 1.20 bits per heavy atom. The maximum absolute atomic E-state index is 9.97. The lowest BCUT2D eigenvalue weighted by atomic mass is 10.2. The third-order valence-corrected chi connectivity index (χ3v) is 2.09. The van der Waals surface area contributed by atoms with Crippen LogP contribution < -0.4 is 22.1 Å². The fraction of sp³-hybridized carbons (Fsp3) is 0.750. The molecule has 0 saturated heterocycles. The van der Waals surface area contributed by atoms with Gasteiger partial charge in [0.25, 0.3) is 11.9 Å². The lowest BCUT2D eigenvalue weighted by molar-refractivity contribution is -0.485. The third-order valence-electron chi connectivity index (χ3n) is 2.09. The average molecular weight is 290 g/mol. The van der Waals surface area contributed by atoms with E-state index in [0.717, 1.165) is 25.7 Å². The molecular weight excluding hydrogens is 272 g/mol. The van der Waals surface area contributed by atoms with E-state index in [4.69, 9.17) is 11.5 Å². The Morgan fingerprint density at radius 3 is 1.50 bits per heavy atom. The zero-order valence-electron chi connectivity index (χ0n) is 10.8. The number of hydrogen-bond acceptors (Lipinski definition) is 4. The lowest BCUT2D eigenvalue weighted by Gasteiger charge is -2.04. The molecule has 20 heavy (non-hydrogen) atoms. The number of nitro groups is 2. The standard InChI is InChI=1S/C8H18N8O4/c9-7(13-15(17)18)11-5-3-1-2-4-6-12-8(10)14-16(19)20/h1-6H2,(H3,9,11,13)(H3,10,12,14). The van der Waals surface area contributed by atoms with Gasteiger partial charge in [0.15, 0.2) is 10.1 Å². The van der Waals surface area contributed by atoms with Gasteiger partial charge in [0.2, 0.25) is 0 Å². The largest absolute Gasteiger partial charge is 0.365 e. The normalized spacial score (nSPS) is 12.0. The Kier molecular flexibility index (Phi) is 8.91. The summed E-state index contributed by atoms with van der Waals surface area (Å²) in [5.74, 6) is -0.444. The van der Waals surface area contributed by atoms with Gasteiger partial charge in [-0.1, -0.05) is 12.8 Å². The topological polar surface area (TPSA) is 187 Å². The van der Waals surface area contributed by atoms with Crippen LogP contribution in [0.15, 0.2) is 10.2 Å². The highest BCUT2D eigenvalue weighted by Gasteiger charge is 1.99. The van der Waals surface area contributed by atoms with Crippen molar-refractivity contribution in [2.45, 2.75) is 25.7 Å². The van der Waals surface area contributed by atoms with Crippen LogP contribution in [0.2, 0.25) is 0 Å². The number of hydrazone groups is 2. The number of unbranched alkanes of at least 4 members (excludes halogenated alkanes) is 3. The Hall–Kier alpha value is -2.66. The molecule has 0 heterocycles. The summed E-state index contributed by atoms with van der Waals surface area (Å²) in [4.78, 5) is 19.9. The Labute approximate surface area is 114 Å². The van der Waals surface area contributed by atoms with E-state index in [-0.39, 0.29) is 11.9 Å². The van der Waals surface area contributed by atoms with E-state index in [9.17, 15) is 20.2 Å². The molecule has 0 unspecified atom stereocenters. The maximum Gasteiger partial charge on any atom is 0.266 e. The van der Waals surface area contributed by atoms with Gasteiger partial charge >= 0.3 is 0 Å². The molecule has 0 aliphatic heterocycles. The summed E-state index contributed by atoms with van der Waals surface area (Å²) >= 11 is 0. The van der Waals surface area contributed by atoms with Crippen molar-refractivity contribution in [3.63, 3.8) is 0 Å². The molecular formula is C8H18N8O4. The predicted molar refractivity (Wildman–Crippen MR) is 71.7 cm³/mol. The zero-order chi connectivity index (χ0) is 15.4.